The third-order valence-corrected chi connectivity index (χ3v) is 6.88. The number of rotatable bonds is 2. The van der Waals surface area contributed by atoms with Crippen LogP contribution in [0.15, 0.2) is 18.5 Å². The molecule has 7 heteroatoms. The zero-order valence-electron chi connectivity index (χ0n) is 11.1. The van der Waals surface area contributed by atoms with Gasteiger partial charge in [0.1, 0.15) is 0 Å². The number of hydrogen-bond donors (Lipinski definition) is 1. The molecule has 2 heterocycles. The highest BCUT2D eigenvalue weighted by atomic mass is 32.2. The maximum absolute atomic E-state index is 13.0. The number of nitrogens with zero attached hydrogens (tertiary/aromatic N) is 1. The van der Waals surface area contributed by atoms with E-state index < -0.39 is 17.8 Å². The van der Waals surface area contributed by atoms with Crippen molar-refractivity contribution in [3.63, 3.8) is 0 Å². The van der Waals surface area contributed by atoms with Gasteiger partial charge in [-0.05, 0) is 6.07 Å². The molecule has 2 nitrogen and oxygen atoms in total. The van der Waals surface area contributed by atoms with Crippen LogP contribution in [0.4, 0.5) is 13.2 Å². The van der Waals surface area contributed by atoms with Crippen LogP contribution in [0, 0.1) is 0 Å². The normalized spacial score (nSPS) is 29.2. The first-order valence-electron chi connectivity index (χ1n) is 6.27. The van der Waals surface area contributed by atoms with Gasteiger partial charge < -0.3 is 5.11 Å². The fourth-order valence-corrected chi connectivity index (χ4v) is 5.07. The summed E-state index contributed by atoms with van der Waals surface area (Å²) in [7, 11) is 0. The third-order valence-electron chi connectivity index (χ3n) is 3.40. The molecule has 0 bridgehead atoms. The van der Waals surface area contributed by atoms with Gasteiger partial charge >= 0.3 is 6.18 Å². The Bertz CT molecular complexity index is 469. The Labute approximate surface area is 124 Å². The molecule has 1 aromatic rings. The average Bonchev–Trinajstić information content (AvgIpc) is 2.40. The quantitative estimate of drug-likeness (QED) is 0.898. The molecule has 1 aliphatic rings. The molecule has 1 fully saturated rings. The van der Waals surface area contributed by atoms with E-state index in [1.807, 2.05) is 6.92 Å². The molecule has 0 aliphatic carbocycles. The monoisotopic (exact) mass is 323 g/mol. The van der Waals surface area contributed by atoms with Crippen molar-refractivity contribution in [1.29, 1.82) is 0 Å². The van der Waals surface area contributed by atoms with Gasteiger partial charge in [0.05, 0.1) is 11.7 Å². The van der Waals surface area contributed by atoms with E-state index in [0.717, 1.165) is 18.5 Å². The number of aliphatic hydroxyl groups excluding tert-OH is 1. The van der Waals surface area contributed by atoms with Gasteiger partial charge in [-0.3, -0.25) is 4.98 Å². The molecule has 20 heavy (non-hydrogen) atoms. The maximum Gasteiger partial charge on any atom is 0.416 e. The number of thioether (sulfide) groups is 2. The second-order valence-electron chi connectivity index (χ2n) is 4.82. The predicted octanol–water partition coefficient (Wildman–Crippen LogP) is 3.76. The fourth-order valence-electron chi connectivity index (χ4n) is 2.07. The summed E-state index contributed by atoms with van der Waals surface area (Å²) >= 11 is 3.24. The molecule has 1 aliphatic heterocycles. The van der Waals surface area contributed by atoms with Gasteiger partial charge in [0.25, 0.3) is 0 Å². The summed E-state index contributed by atoms with van der Waals surface area (Å²) < 4.78 is 38.9. The lowest BCUT2D eigenvalue weighted by molar-refractivity contribution is -0.139. The summed E-state index contributed by atoms with van der Waals surface area (Å²) in [5.74, 6) is 0.642. The third kappa shape index (κ3) is 3.43. The molecule has 112 valence electrons. The number of alkyl halides is 3. The van der Waals surface area contributed by atoms with Crippen LogP contribution in [-0.2, 0) is 6.18 Å². The predicted molar refractivity (Wildman–Crippen MR) is 77.0 cm³/mol. The number of hydrogen-bond acceptors (Lipinski definition) is 4. The van der Waals surface area contributed by atoms with Crippen LogP contribution in [0.1, 0.15) is 31.1 Å². The highest BCUT2D eigenvalue weighted by molar-refractivity contribution is 8.07. The number of halogens is 3. The molecule has 0 saturated carbocycles. The van der Waals surface area contributed by atoms with Crippen molar-refractivity contribution >= 4 is 23.5 Å². The highest BCUT2D eigenvalue weighted by Crippen LogP contribution is 2.43. The van der Waals surface area contributed by atoms with Gasteiger partial charge in [-0.15, -0.1) is 0 Å². The van der Waals surface area contributed by atoms with Crippen LogP contribution in [-0.4, -0.2) is 31.6 Å². The molecular weight excluding hydrogens is 307 g/mol. The molecular formula is C13H16F3NOS2. The smallest absolute Gasteiger partial charge is 0.387 e. The Balaban J connectivity index is 2.24. The topological polar surface area (TPSA) is 33.1 Å². The van der Waals surface area contributed by atoms with Gasteiger partial charge in [0, 0.05) is 39.5 Å². The van der Waals surface area contributed by atoms with Crippen molar-refractivity contribution < 1.29 is 18.3 Å². The number of aromatic nitrogens is 1. The first-order valence-corrected chi connectivity index (χ1v) is 8.26. The first-order chi connectivity index (χ1) is 9.30. The minimum absolute atomic E-state index is 0.125. The second kappa shape index (κ2) is 6.15. The molecule has 0 amide bonds. The Morgan fingerprint density at radius 3 is 2.65 bits per heavy atom. The standard InChI is InChI=1S/C13H16F3NOS2/c1-7-8(2)20-11(6-19-7)12(18)9-5-17-4-3-10(9)13(14,15)16/h3-5,7-8,11-12,18H,6H2,1-2H3. The van der Waals surface area contributed by atoms with Crippen molar-refractivity contribution in [1.82, 2.24) is 4.98 Å². The van der Waals surface area contributed by atoms with Gasteiger partial charge in [-0.25, -0.2) is 0 Å². The van der Waals surface area contributed by atoms with Crippen molar-refractivity contribution in [2.45, 2.75) is 41.9 Å². The van der Waals surface area contributed by atoms with Crippen LogP contribution >= 0.6 is 23.5 Å². The molecule has 0 radical (unpaired) electrons. The molecule has 4 unspecified atom stereocenters. The van der Waals surface area contributed by atoms with E-state index in [4.69, 9.17) is 0 Å². The van der Waals surface area contributed by atoms with E-state index in [2.05, 4.69) is 11.9 Å². The summed E-state index contributed by atoms with van der Waals surface area (Å²) in [5.41, 5.74) is -0.920. The van der Waals surface area contributed by atoms with Crippen LogP contribution in [0.2, 0.25) is 0 Å². The van der Waals surface area contributed by atoms with Gasteiger partial charge in [-0.2, -0.15) is 36.7 Å². The molecule has 0 aromatic carbocycles. The number of pyridine rings is 1. The Kier molecular flexibility index (Phi) is 4.92. The summed E-state index contributed by atoms with van der Waals surface area (Å²) in [5, 5.41) is 10.8. The van der Waals surface area contributed by atoms with E-state index in [9.17, 15) is 18.3 Å². The molecule has 2 rings (SSSR count). The zero-order valence-corrected chi connectivity index (χ0v) is 12.7. The lowest BCUT2D eigenvalue weighted by Crippen LogP contribution is -2.31. The first kappa shape index (κ1) is 16.0. The van der Waals surface area contributed by atoms with Crippen molar-refractivity contribution in [3.8, 4) is 0 Å². The second-order valence-corrected chi connectivity index (χ2v) is 7.86. The molecule has 0 spiro atoms. The van der Waals surface area contributed by atoms with Crippen LogP contribution in [0.5, 0.6) is 0 Å². The molecule has 1 aromatic heterocycles. The highest BCUT2D eigenvalue weighted by Gasteiger charge is 2.38. The van der Waals surface area contributed by atoms with E-state index in [1.165, 1.54) is 0 Å². The van der Waals surface area contributed by atoms with Crippen molar-refractivity contribution in [2.75, 3.05) is 5.75 Å². The van der Waals surface area contributed by atoms with E-state index in [-0.39, 0.29) is 10.8 Å². The SMILES string of the molecule is CC1SCC(C(O)c2cnccc2C(F)(F)F)SC1C. The lowest BCUT2D eigenvalue weighted by atomic mass is 10.0. The summed E-state index contributed by atoms with van der Waals surface area (Å²) in [4.78, 5) is 3.73. The minimum atomic E-state index is -4.47. The molecule has 4 atom stereocenters. The maximum atomic E-state index is 13.0. The largest absolute Gasteiger partial charge is 0.416 e. The lowest BCUT2D eigenvalue weighted by Gasteiger charge is -2.34. The number of aliphatic hydroxyl groups is 1. The molecule has 1 saturated heterocycles. The Morgan fingerprint density at radius 1 is 1.35 bits per heavy atom. The van der Waals surface area contributed by atoms with E-state index in [0.29, 0.717) is 16.3 Å². The van der Waals surface area contributed by atoms with Gasteiger partial charge in [0.15, 0.2) is 0 Å². The minimum Gasteiger partial charge on any atom is -0.387 e. The fraction of sp³-hybridized carbons (Fsp3) is 0.615. The Morgan fingerprint density at radius 2 is 2.05 bits per heavy atom. The van der Waals surface area contributed by atoms with Crippen LogP contribution < -0.4 is 0 Å². The van der Waals surface area contributed by atoms with Gasteiger partial charge in [0.2, 0.25) is 0 Å². The average molecular weight is 323 g/mol. The van der Waals surface area contributed by atoms with Crippen LogP contribution in [0.3, 0.4) is 0 Å². The summed E-state index contributed by atoms with van der Waals surface area (Å²) in [6.45, 7) is 4.13. The Hall–Kier alpha value is -0.400. The summed E-state index contributed by atoms with van der Waals surface area (Å²) in [6.07, 6.45) is -3.38. The van der Waals surface area contributed by atoms with Crippen molar-refractivity contribution in [2.24, 2.45) is 0 Å². The van der Waals surface area contributed by atoms with Gasteiger partial charge in [-0.1, -0.05) is 13.8 Å². The zero-order chi connectivity index (χ0) is 14.9. The van der Waals surface area contributed by atoms with Crippen molar-refractivity contribution in [3.05, 3.63) is 29.6 Å². The summed E-state index contributed by atoms with van der Waals surface area (Å²) in [6, 6.07) is 0.922. The van der Waals surface area contributed by atoms with Crippen LogP contribution in [0.25, 0.3) is 0 Å². The van der Waals surface area contributed by atoms with E-state index in [1.54, 1.807) is 23.5 Å². The molecule has 1 N–H and O–H groups in total. The van der Waals surface area contributed by atoms with E-state index >= 15 is 0 Å².